The molecule has 1 saturated heterocycles. The molecule has 234 valence electrons. The van der Waals surface area contributed by atoms with Crippen LogP contribution in [0.1, 0.15) is 35.5 Å². The molecule has 2 aromatic carbocycles. The normalized spacial score (nSPS) is 15.9. The number of fused-ring (bicyclic) bond motifs is 1. The molecule has 1 fully saturated rings. The van der Waals surface area contributed by atoms with Gasteiger partial charge in [-0.05, 0) is 55.3 Å². The molecule has 13 heteroatoms. The number of aromatic nitrogens is 4. The van der Waals surface area contributed by atoms with Crippen LogP contribution in [-0.4, -0.2) is 49.6 Å². The van der Waals surface area contributed by atoms with Crippen molar-refractivity contribution in [3.63, 3.8) is 0 Å². The molecular formula is C33H28ClN5O5S2. The molecule has 6 rings (SSSR count). The first-order chi connectivity index (χ1) is 22.3. The first-order valence-electron chi connectivity index (χ1n) is 14.3. The highest BCUT2D eigenvalue weighted by Gasteiger charge is 2.49. The molecule has 1 N–H and O–H groups in total. The molecule has 1 unspecified atom stereocenters. The Bertz CT molecular complexity index is 2010. The second kappa shape index (κ2) is 13.4. The Morgan fingerprint density at radius 2 is 1.91 bits per heavy atom. The fourth-order valence-corrected chi connectivity index (χ4v) is 7.37. The van der Waals surface area contributed by atoms with E-state index in [0.717, 1.165) is 5.56 Å². The first-order valence-corrected chi connectivity index (χ1v) is 16.5. The molecule has 0 radical (unpaired) electrons. The monoisotopic (exact) mass is 673 g/mol. The van der Waals surface area contributed by atoms with Crippen LogP contribution in [-0.2, 0) is 15.3 Å². The lowest BCUT2D eigenvalue weighted by Crippen LogP contribution is -2.29. The first kappa shape index (κ1) is 31.3. The van der Waals surface area contributed by atoms with Crippen molar-refractivity contribution in [1.82, 2.24) is 19.6 Å². The van der Waals surface area contributed by atoms with Crippen LogP contribution < -0.4 is 14.4 Å². The average Bonchev–Trinajstić information content (AvgIpc) is 3.73. The van der Waals surface area contributed by atoms with Crippen molar-refractivity contribution in [2.45, 2.75) is 30.0 Å². The van der Waals surface area contributed by atoms with E-state index in [1.54, 1.807) is 53.9 Å². The minimum Gasteiger partial charge on any atom is -0.505 e. The van der Waals surface area contributed by atoms with Gasteiger partial charge in [0.25, 0.3) is 5.78 Å². The van der Waals surface area contributed by atoms with Gasteiger partial charge < -0.3 is 14.6 Å². The average molecular weight is 674 g/mol. The molecule has 1 amide bonds. The van der Waals surface area contributed by atoms with E-state index >= 15 is 0 Å². The maximum atomic E-state index is 13.9. The third kappa shape index (κ3) is 5.86. The molecule has 5 aromatic rings. The van der Waals surface area contributed by atoms with Crippen molar-refractivity contribution in [3.8, 4) is 11.5 Å². The number of imidazole rings is 1. The van der Waals surface area contributed by atoms with E-state index in [9.17, 15) is 14.7 Å². The number of ether oxygens (including phenoxy) is 2. The summed E-state index contributed by atoms with van der Waals surface area (Å²) < 4.78 is 13.9. The number of carbonyl (C=O) groups excluding carboxylic acids is 2. The Labute approximate surface area is 278 Å². The van der Waals surface area contributed by atoms with E-state index in [1.807, 2.05) is 37.3 Å². The predicted octanol–water partition coefficient (Wildman–Crippen LogP) is 7.03. The third-order valence-corrected chi connectivity index (χ3v) is 9.70. The smallest absolute Gasteiger partial charge is 0.301 e. The van der Waals surface area contributed by atoms with Gasteiger partial charge in [0.05, 0.1) is 23.9 Å². The number of benzene rings is 2. The summed E-state index contributed by atoms with van der Waals surface area (Å²) in [6.45, 7) is 7.88. The van der Waals surface area contributed by atoms with Gasteiger partial charge in [-0.3, -0.25) is 18.9 Å². The second-order valence-corrected chi connectivity index (χ2v) is 12.7. The van der Waals surface area contributed by atoms with Gasteiger partial charge in [0.2, 0.25) is 5.13 Å². The van der Waals surface area contributed by atoms with Crippen LogP contribution >= 0.6 is 34.7 Å². The standard InChI is InChI=1S/C33H28ClN5O5S2/c1-4-16-44-23-14-13-20(17-24(23)43-5-2)28-26(29(40)27-19(3)35-25-12-8-9-15-38(25)27)30(41)31(42)39(28)32-36-37-33(46-32)45-18-21-10-6-7-11-22(21)34/h4,6-15,17,28,40H,1,5,16,18H2,2-3H3. The molecule has 3 aromatic heterocycles. The van der Waals surface area contributed by atoms with Crippen LogP contribution in [0.3, 0.4) is 0 Å². The molecule has 1 aliphatic rings. The highest BCUT2D eigenvalue weighted by molar-refractivity contribution is 8.00. The zero-order valence-electron chi connectivity index (χ0n) is 24.8. The SMILES string of the molecule is C=CCOc1ccc(C2C(=C(O)c3c(C)nc4ccccn34)C(=O)C(=O)N2c2nnc(SCc3ccccc3Cl)s2)cc1OCC. The Morgan fingerprint density at radius 1 is 1.11 bits per heavy atom. The fraction of sp³-hybridized carbons (Fsp3) is 0.182. The number of amides is 1. The number of Topliss-reactive ketones (excluding diaryl/α,β-unsaturated/α-hetero) is 1. The Morgan fingerprint density at radius 3 is 2.70 bits per heavy atom. The van der Waals surface area contributed by atoms with E-state index in [0.29, 0.717) is 55.8 Å². The Balaban J connectivity index is 1.47. The molecule has 1 aliphatic heterocycles. The van der Waals surface area contributed by atoms with Crippen molar-refractivity contribution >= 4 is 62.9 Å². The lowest BCUT2D eigenvalue weighted by molar-refractivity contribution is -0.132. The highest BCUT2D eigenvalue weighted by atomic mass is 35.5. The quantitative estimate of drug-likeness (QED) is 0.0394. The minimum absolute atomic E-state index is 0.110. The van der Waals surface area contributed by atoms with E-state index in [-0.39, 0.29) is 23.1 Å². The van der Waals surface area contributed by atoms with E-state index in [4.69, 9.17) is 21.1 Å². The summed E-state index contributed by atoms with van der Waals surface area (Å²) in [5, 5.41) is 21.3. The number of anilines is 1. The van der Waals surface area contributed by atoms with Gasteiger partial charge in [-0.15, -0.1) is 10.2 Å². The van der Waals surface area contributed by atoms with Crippen LogP contribution in [0.2, 0.25) is 5.02 Å². The molecule has 0 saturated carbocycles. The van der Waals surface area contributed by atoms with Crippen molar-refractivity contribution in [3.05, 3.63) is 113 Å². The number of nitrogens with zero attached hydrogens (tertiary/aromatic N) is 5. The summed E-state index contributed by atoms with van der Waals surface area (Å²) in [6, 6.07) is 17.0. The van der Waals surface area contributed by atoms with Crippen LogP contribution in [0, 0.1) is 6.92 Å². The Hall–Kier alpha value is -4.65. The number of carbonyl (C=O) groups is 2. The van der Waals surface area contributed by atoms with Gasteiger partial charge in [-0.2, -0.15) is 0 Å². The van der Waals surface area contributed by atoms with Crippen LogP contribution in [0.15, 0.2) is 89.4 Å². The van der Waals surface area contributed by atoms with E-state index < -0.39 is 17.7 Å². The van der Waals surface area contributed by atoms with Crippen molar-refractivity contribution < 1.29 is 24.2 Å². The summed E-state index contributed by atoms with van der Waals surface area (Å²) in [6.07, 6.45) is 3.36. The van der Waals surface area contributed by atoms with Gasteiger partial charge in [0.1, 0.15) is 17.9 Å². The molecule has 0 aliphatic carbocycles. The summed E-state index contributed by atoms with van der Waals surface area (Å²) in [5.74, 6) is -0.653. The number of thioether (sulfide) groups is 1. The molecule has 0 spiro atoms. The zero-order valence-corrected chi connectivity index (χ0v) is 27.2. The maximum absolute atomic E-state index is 13.9. The molecular weight excluding hydrogens is 646 g/mol. The highest BCUT2D eigenvalue weighted by Crippen LogP contribution is 2.46. The largest absolute Gasteiger partial charge is 0.505 e. The molecule has 0 bridgehead atoms. The molecule has 46 heavy (non-hydrogen) atoms. The summed E-state index contributed by atoms with van der Waals surface area (Å²) in [7, 11) is 0. The summed E-state index contributed by atoms with van der Waals surface area (Å²) in [5.41, 5.74) is 2.70. The number of hydrogen-bond acceptors (Lipinski definition) is 10. The maximum Gasteiger partial charge on any atom is 0.301 e. The number of pyridine rings is 1. The van der Waals surface area contributed by atoms with E-state index in [1.165, 1.54) is 28.0 Å². The van der Waals surface area contributed by atoms with Crippen LogP contribution in [0.5, 0.6) is 11.5 Å². The number of ketones is 1. The van der Waals surface area contributed by atoms with Gasteiger partial charge in [0.15, 0.2) is 21.6 Å². The zero-order chi connectivity index (χ0) is 32.4. The topological polar surface area (TPSA) is 119 Å². The second-order valence-electron chi connectivity index (χ2n) is 10.1. The van der Waals surface area contributed by atoms with Gasteiger partial charge in [0, 0.05) is 17.0 Å². The van der Waals surface area contributed by atoms with Crippen molar-refractivity contribution in [1.29, 1.82) is 0 Å². The summed E-state index contributed by atoms with van der Waals surface area (Å²) in [4.78, 5) is 33.5. The number of halogens is 1. The molecule has 10 nitrogen and oxygen atoms in total. The molecule has 4 heterocycles. The van der Waals surface area contributed by atoms with Gasteiger partial charge >= 0.3 is 5.91 Å². The van der Waals surface area contributed by atoms with Crippen molar-refractivity contribution in [2.75, 3.05) is 18.1 Å². The predicted molar refractivity (Wildman–Crippen MR) is 179 cm³/mol. The molecule has 1 atom stereocenters. The minimum atomic E-state index is -1.06. The van der Waals surface area contributed by atoms with Crippen molar-refractivity contribution in [2.24, 2.45) is 0 Å². The fourth-order valence-electron chi connectivity index (χ4n) is 5.22. The van der Waals surface area contributed by atoms with Gasteiger partial charge in [-0.25, -0.2) is 4.98 Å². The summed E-state index contributed by atoms with van der Waals surface area (Å²) >= 11 is 8.92. The van der Waals surface area contributed by atoms with E-state index in [2.05, 4.69) is 21.8 Å². The lowest BCUT2D eigenvalue weighted by atomic mass is 9.96. The number of aryl methyl sites for hydroxylation is 1. The van der Waals surface area contributed by atoms with Gasteiger partial charge in [-0.1, -0.05) is 77.7 Å². The lowest BCUT2D eigenvalue weighted by Gasteiger charge is -2.23. The number of aliphatic hydroxyl groups excluding tert-OH is 1. The number of rotatable bonds is 11. The third-order valence-electron chi connectivity index (χ3n) is 7.22. The number of hydrogen-bond donors (Lipinski definition) is 1. The van der Waals surface area contributed by atoms with Crippen LogP contribution in [0.4, 0.5) is 5.13 Å². The van der Waals surface area contributed by atoms with Crippen LogP contribution in [0.25, 0.3) is 11.4 Å². The number of aliphatic hydroxyl groups is 1. The Kier molecular flexibility index (Phi) is 9.11.